The third kappa shape index (κ3) is 3.11. The Labute approximate surface area is 141 Å². The Balaban J connectivity index is 1.91. The van der Waals surface area contributed by atoms with Crippen LogP contribution in [-0.2, 0) is 0 Å². The number of halogens is 1. The maximum absolute atomic E-state index is 12.8. The van der Waals surface area contributed by atoms with Crippen LogP contribution >= 0.6 is 11.6 Å². The molecule has 1 aromatic carbocycles. The average molecular weight is 333 g/mol. The second-order valence-corrected chi connectivity index (χ2v) is 6.61. The highest BCUT2D eigenvalue weighted by molar-refractivity contribution is 6.31. The van der Waals surface area contributed by atoms with Crippen LogP contribution in [0.15, 0.2) is 18.2 Å². The number of carbonyl (C=O) groups is 1. The molecule has 1 aliphatic rings. The highest BCUT2D eigenvalue weighted by Crippen LogP contribution is 2.21. The zero-order valence-electron chi connectivity index (χ0n) is 13.7. The van der Waals surface area contributed by atoms with E-state index in [0.717, 1.165) is 30.6 Å². The van der Waals surface area contributed by atoms with Crippen molar-refractivity contribution < 1.29 is 4.79 Å². The molecule has 1 atom stereocenters. The van der Waals surface area contributed by atoms with Crippen LogP contribution in [0.25, 0.3) is 5.69 Å². The van der Waals surface area contributed by atoms with Gasteiger partial charge in [-0.25, -0.2) is 0 Å². The number of aryl methyl sites for hydroxylation is 2. The Morgan fingerprint density at radius 1 is 1.26 bits per heavy atom. The van der Waals surface area contributed by atoms with Crippen LogP contribution in [-0.4, -0.2) is 38.4 Å². The first-order chi connectivity index (χ1) is 11.0. The number of nitrogens with zero attached hydrogens (tertiary/aromatic N) is 4. The summed E-state index contributed by atoms with van der Waals surface area (Å²) in [6.07, 6.45) is 3.28. The SMILES string of the molecule is Cc1ccc(-n2nc(C)c(C(=O)N3CCCC[C@H]3C)n2)cc1Cl. The quantitative estimate of drug-likeness (QED) is 0.845. The van der Waals surface area contributed by atoms with Gasteiger partial charge >= 0.3 is 0 Å². The van der Waals surface area contributed by atoms with Gasteiger partial charge in [0.15, 0.2) is 5.69 Å². The summed E-state index contributed by atoms with van der Waals surface area (Å²) in [6, 6.07) is 5.89. The minimum Gasteiger partial charge on any atom is -0.334 e. The Hall–Kier alpha value is -1.88. The second kappa shape index (κ2) is 6.32. The maximum atomic E-state index is 12.8. The minimum atomic E-state index is -0.0286. The van der Waals surface area contributed by atoms with Crippen LogP contribution in [0.4, 0.5) is 0 Å². The zero-order chi connectivity index (χ0) is 16.6. The highest BCUT2D eigenvalue weighted by Gasteiger charge is 2.28. The van der Waals surface area contributed by atoms with Gasteiger partial charge in [0.2, 0.25) is 0 Å². The van der Waals surface area contributed by atoms with Gasteiger partial charge in [0, 0.05) is 17.6 Å². The van der Waals surface area contributed by atoms with Gasteiger partial charge in [0.25, 0.3) is 5.91 Å². The maximum Gasteiger partial charge on any atom is 0.276 e. The number of piperidine rings is 1. The monoisotopic (exact) mass is 332 g/mol. The summed E-state index contributed by atoms with van der Waals surface area (Å²) < 4.78 is 0. The van der Waals surface area contributed by atoms with Crippen molar-refractivity contribution >= 4 is 17.5 Å². The molecule has 2 heterocycles. The molecule has 0 unspecified atom stereocenters. The molecular formula is C17H21ClN4O. The van der Waals surface area contributed by atoms with Gasteiger partial charge in [0.1, 0.15) is 0 Å². The van der Waals surface area contributed by atoms with Crippen LogP contribution in [0.5, 0.6) is 0 Å². The molecule has 0 aliphatic carbocycles. The smallest absolute Gasteiger partial charge is 0.276 e. The number of aromatic nitrogens is 3. The van der Waals surface area contributed by atoms with Gasteiger partial charge in [-0.05, 0) is 57.7 Å². The predicted octanol–water partition coefficient (Wildman–Crippen LogP) is 3.55. The van der Waals surface area contributed by atoms with Gasteiger partial charge in [-0.1, -0.05) is 17.7 Å². The Morgan fingerprint density at radius 3 is 2.74 bits per heavy atom. The molecule has 0 spiro atoms. The van der Waals surface area contributed by atoms with Gasteiger partial charge < -0.3 is 4.90 Å². The van der Waals surface area contributed by atoms with Crippen molar-refractivity contribution in [1.29, 1.82) is 0 Å². The third-order valence-corrected chi connectivity index (χ3v) is 4.84. The molecule has 0 bridgehead atoms. The van der Waals surface area contributed by atoms with E-state index < -0.39 is 0 Å². The molecule has 1 fully saturated rings. The third-order valence-electron chi connectivity index (χ3n) is 4.43. The predicted molar refractivity (Wildman–Crippen MR) is 90.2 cm³/mol. The molecule has 1 aromatic heterocycles. The molecule has 2 aromatic rings. The summed E-state index contributed by atoms with van der Waals surface area (Å²) >= 11 is 6.17. The van der Waals surface area contributed by atoms with Crippen LogP contribution in [0, 0.1) is 13.8 Å². The van der Waals surface area contributed by atoms with Crippen molar-refractivity contribution in [3.8, 4) is 5.69 Å². The Kier molecular flexibility index (Phi) is 4.39. The normalized spacial score (nSPS) is 18.3. The number of benzene rings is 1. The lowest BCUT2D eigenvalue weighted by atomic mass is 10.0. The van der Waals surface area contributed by atoms with Crippen molar-refractivity contribution in [2.24, 2.45) is 0 Å². The molecule has 6 heteroatoms. The first-order valence-electron chi connectivity index (χ1n) is 7.99. The second-order valence-electron chi connectivity index (χ2n) is 6.20. The number of amides is 1. The van der Waals surface area contributed by atoms with Gasteiger partial charge in [-0.3, -0.25) is 4.79 Å². The molecule has 1 amide bonds. The van der Waals surface area contributed by atoms with Crippen molar-refractivity contribution in [3.05, 3.63) is 40.2 Å². The van der Waals surface area contributed by atoms with E-state index in [1.165, 1.54) is 11.2 Å². The van der Waals surface area contributed by atoms with Gasteiger partial charge in [0.05, 0.1) is 11.4 Å². The molecule has 5 nitrogen and oxygen atoms in total. The molecule has 0 saturated carbocycles. The fourth-order valence-electron chi connectivity index (χ4n) is 2.93. The van der Waals surface area contributed by atoms with E-state index in [9.17, 15) is 4.79 Å². The molecule has 1 saturated heterocycles. The van der Waals surface area contributed by atoms with Crippen LogP contribution in [0.2, 0.25) is 5.02 Å². The molecule has 3 rings (SSSR count). The zero-order valence-corrected chi connectivity index (χ0v) is 14.5. The molecule has 122 valence electrons. The Morgan fingerprint density at radius 2 is 2.04 bits per heavy atom. The number of rotatable bonds is 2. The standard InChI is InChI=1S/C17H21ClN4O/c1-11-7-8-14(10-15(11)18)22-19-13(3)16(20-22)17(23)21-9-5-4-6-12(21)2/h7-8,10,12H,4-6,9H2,1-3H3/t12-/m1/s1. The topological polar surface area (TPSA) is 51.0 Å². The van der Waals surface area contributed by atoms with E-state index >= 15 is 0 Å². The van der Waals surface area contributed by atoms with Gasteiger partial charge in [-0.2, -0.15) is 9.90 Å². The average Bonchev–Trinajstić information content (AvgIpc) is 2.92. The lowest BCUT2D eigenvalue weighted by Gasteiger charge is -2.32. The van der Waals surface area contributed by atoms with Crippen molar-refractivity contribution in [3.63, 3.8) is 0 Å². The number of hydrogen-bond donors (Lipinski definition) is 0. The summed E-state index contributed by atoms with van der Waals surface area (Å²) in [5, 5.41) is 9.47. The van der Waals surface area contributed by atoms with E-state index in [2.05, 4.69) is 17.1 Å². The summed E-state index contributed by atoms with van der Waals surface area (Å²) in [6.45, 7) is 6.65. The highest BCUT2D eigenvalue weighted by atomic mass is 35.5. The fraction of sp³-hybridized carbons (Fsp3) is 0.471. The van der Waals surface area contributed by atoms with E-state index in [1.54, 1.807) is 0 Å². The van der Waals surface area contributed by atoms with Crippen LogP contribution in [0.3, 0.4) is 0 Å². The molecule has 23 heavy (non-hydrogen) atoms. The van der Waals surface area contributed by atoms with Crippen molar-refractivity contribution in [1.82, 2.24) is 19.9 Å². The number of hydrogen-bond acceptors (Lipinski definition) is 3. The lowest BCUT2D eigenvalue weighted by Crippen LogP contribution is -2.42. The molecule has 0 radical (unpaired) electrons. The fourth-order valence-corrected chi connectivity index (χ4v) is 3.11. The minimum absolute atomic E-state index is 0.0286. The largest absolute Gasteiger partial charge is 0.334 e. The molecule has 1 aliphatic heterocycles. The van der Waals surface area contributed by atoms with Crippen molar-refractivity contribution in [2.75, 3.05) is 6.54 Å². The molecular weight excluding hydrogens is 312 g/mol. The first kappa shape index (κ1) is 16.0. The van der Waals surface area contributed by atoms with Crippen LogP contribution < -0.4 is 0 Å². The Bertz CT molecular complexity index is 740. The van der Waals surface area contributed by atoms with E-state index in [4.69, 9.17) is 11.6 Å². The summed E-state index contributed by atoms with van der Waals surface area (Å²) in [4.78, 5) is 16.2. The number of carbonyl (C=O) groups excluding carboxylic acids is 1. The summed E-state index contributed by atoms with van der Waals surface area (Å²) in [5.74, 6) is -0.0286. The molecule has 0 N–H and O–H groups in total. The van der Waals surface area contributed by atoms with Crippen molar-refractivity contribution in [2.45, 2.75) is 46.1 Å². The van der Waals surface area contributed by atoms with E-state index in [1.807, 2.05) is 36.9 Å². The van der Waals surface area contributed by atoms with Crippen LogP contribution in [0.1, 0.15) is 47.9 Å². The van der Waals surface area contributed by atoms with E-state index in [-0.39, 0.29) is 11.9 Å². The van der Waals surface area contributed by atoms with E-state index in [0.29, 0.717) is 16.4 Å². The summed E-state index contributed by atoms with van der Waals surface area (Å²) in [5.41, 5.74) is 2.83. The first-order valence-corrected chi connectivity index (χ1v) is 8.36. The lowest BCUT2D eigenvalue weighted by molar-refractivity contribution is 0.0628. The van der Waals surface area contributed by atoms with Gasteiger partial charge in [-0.15, -0.1) is 5.10 Å². The number of likely N-dealkylation sites (tertiary alicyclic amines) is 1. The summed E-state index contributed by atoms with van der Waals surface area (Å²) in [7, 11) is 0.